The van der Waals surface area contributed by atoms with Gasteiger partial charge in [-0.05, 0) is 67.1 Å². The van der Waals surface area contributed by atoms with Crippen molar-refractivity contribution < 1.29 is 23.9 Å². The van der Waals surface area contributed by atoms with Crippen LogP contribution in [0.2, 0.25) is 10.0 Å². The van der Waals surface area contributed by atoms with E-state index in [9.17, 15) is 14.4 Å². The fourth-order valence-electron chi connectivity index (χ4n) is 2.86. The Morgan fingerprint density at radius 2 is 1.70 bits per heavy atom. The minimum Gasteiger partial charge on any atom is -0.490 e. The predicted octanol–water partition coefficient (Wildman–Crippen LogP) is 5.26. The van der Waals surface area contributed by atoms with Gasteiger partial charge in [0.25, 0.3) is 5.91 Å². The van der Waals surface area contributed by atoms with Gasteiger partial charge in [-0.25, -0.2) is 5.43 Å². The Hall–Kier alpha value is -3.60. The lowest BCUT2D eigenvalue weighted by molar-refractivity contribution is -0.136. The molecule has 0 saturated heterocycles. The number of nitrogens with one attached hydrogen (secondary N) is 3. The summed E-state index contributed by atoms with van der Waals surface area (Å²) in [6.45, 7) is 1.92. The molecule has 0 spiro atoms. The van der Waals surface area contributed by atoms with Crippen molar-refractivity contribution in [3.63, 3.8) is 0 Å². The highest BCUT2D eigenvalue weighted by Crippen LogP contribution is 2.30. The van der Waals surface area contributed by atoms with E-state index in [0.29, 0.717) is 29.4 Å². The molecule has 12 heteroatoms. The van der Waals surface area contributed by atoms with E-state index in [2.05, 4.69) is 37.1 Å². The molecule has 0 aliphatic rings. The molecule has 0 fully saturated rings. The highest BCUT2D eigenvalue weighted by molar-refractivity contribution is 9.10. The molecule has 0 radical (unpaired) electrons. The predicted molar refractivity (Wildman–Crippen MR) is 147 cm³/mol. The molecule has 0 aliphatic carbocycles. The normalized spacial score (nSPS) is 10.6. The van der Waals surface area contributed by atoms with Crippen LogP contribution >= 0.6 is 39.1 Å². The number of halogens is 3. The Morgan fingerprint density at radius 3 is 2.43 bits per heavy atom. The van der Waals surface area contributed by atoms with Crippen LogP contribution in [-0.2, 0) is 14.4 Å². The Labute approximate surface area is 231 Å². The van der Waals surface area contributed by atoms with E-state index >= 15 is 0 Å². The van der Waals surface area contributed by atoms with Crippen LogP contribution in [0.15, 0.2) is 70.2 Å². The van der Waals surface area contributed by atoms with Crippen molar-refractivity contribution in [1.29, 1.82) is 0 Å². The van der Waals surface area contributed by atoms with E-state index in [0.717, 1.165) is 4.47 Å². The monoisotopic (exact) mass is 606 g/mol. The summed E-state index contributed by atoms with van der Waals surface area (Å²) in [7, 11) is 0. The quantitative estimate of drug-likeness (QED) is 0.174. The topological polar surface area (TPSA) is 118 Å². The number of rotatable bonds is 9. The van der Waals surface area contributed by atoms with Crippen LogP contribution in [0, 0.1) is 0 Å². The second-order valence-corrected chi connectivity index (χ2v) is 8.94. The summed E-state index contributed by atoms with van der Waals surface area (Å²) < 4.78 is 12.1. The van der Waals surface area contributed by atoms with Crippen molar-refractivity contribution in [2.45, 2.75) is 6.92 Å². The van der Waals surface area contributed by atoms with Crippen molar-refractivity contribution in [2.24, 2.45) is 5.10 Å². The van der Waals surface area contributed by atoms with Crippen LogP contribution in [0.25, 0.3) is 0 Å². The molecule has 192 valence electrons. The molecule has 0 unspecified atom stereocenters. The van der Waals surface area contributed by atoms with Crippen LogP contribution in [0.4, 0.5) is 11.4 Å². The minimum absolute atomic E-state index is 0.116. The first-order valence-electron chi connectivity index (χ1n) is 10.8. The van der Waals surface area contributed by atoms with Gasteiger partial charge in [0.05, 0.1) is 28.6 Å². The van der Waals surface area contributed by atoms with Gasteiger partial charge in [-0.1, -0.05) is 45.2 Å². The summed E-state index contributed by atoms with van der Waals surface area (Å²) in [4.78, 5) is 36.4. The lowest BCUT2D eigenvalue weighted by Gasteiger charge is -2.12. The van der Waals surface area contributed by atoms with Crippen molar-refractivity contribution in [3.8, 4) is 11.5 Å². The van der Waals surface area contributed by atoms with Crippen LogP contribution in [0.5, 0.6) is 11.5 Å². The van der Waals surface area contributed by atoms with Gasteiger partial charge in [0.1, 0.15) is 0 Å². The largest absolute Gasteiger partial charge is 0.490 e. The maximum Gasteiger partial charge on any atom is 0.329 e. The van der Waals surface area contributed by atoms with Crippen molar-refractivity contribution >= 4 is 74.4 Å². The summed E-state index contributed by atoms with van der Waals surface area (Å²) in [5.74, 6) is -1.58. The molecule has 0 bridgehead atoms. The number of hydrogen-bond acceptors (Lipinski definition) is 6. The molecule has 9 nitrogen and oxygen atoms in total. The molecule has 0 saturated carbocycles. The third kappa shape index (κ3) is 8.49. The molecule has 37 heavy (non-hydrogen) atoms. The number of benzene rings is 3. The molecule has 3 amide bonds. The Kier molecular flexibility index (Phi) is 10.3. The number of anilines is 2. The highest BCUT2D eigenvalue weighted by Gasteiger charge is 2.15. The van der Waals surface area contributed by atoms with E-state index in [1.165, 1.54) is 12.3 Å². The number of hydrogen-bond donors (Lipinski definition) is 3. The van der Waals surface area contributed by atoms with Gasteiger partial charge in [-0.2, -0.15) is 5.10 Å². The van der Waals surface area contributed by atoms with Gasteiger partial charge >= 0.3 is 11.8 Å². The van der Waals surface area contributed by atoms with Crippen LogP contribution < -0.4 is 25.5 Å². The van der Waals surface area contributed by atoms with E-state index < -0.39 is 11.8 Å². The number of amides is 3. The second-order valence-electron chi connectivity index (χ2n) is 7.24. The molecule has 0 aliphatic heterocycles. The molecule has 3 aromatic rings. The fourth-order valence-corrected chi connectivity index (χ4v) is 3.47. The van der Waals surface area contributed by atoms with Crippen LogP contribution in [-0.4, -0.2) is 37.1 Å². The zero-order chi connectivity index (χ0) is 26.8. The average Bonchev–Trinajstić information content (AvgIpc) is 2.87. The zero-order valence-electron chi connectivity index (χ0n) is 19.4. The summed E-state index contributed by atoms with van der Waals surface area (Å²) in [6, 6.07) is 16.7. The maximum absolute atomic E-state index is 12.2. The summed E-state index contributed by atoms with van der Waals surface area (Å²) in [5, 5.41) is 9.25. The number of hydrazone groups is 1. The third-order valence-corrected chi connectivity index (χ3v) is 5.89. The first kappa shape index (κ1) is 28.0. The summed E-state index contributed by atoms with van der Waals surface area (Å²) >= 11 is 15.2. The number of carbonyl (C=O) groups excluding carboxylic acids is 3. The number of carbonyl (C=O) groups is 3. The van der Waals surface area contributed by atoms with E-state index in [-0.39, 0.29) is 28.2 Å². The van der Waals surface area contributed by atoms with E-state index in [1.54, 1.807) is 49.4 Å². The molecular weight excluding hydrogens is 587 g/mol. The van der Waals surface area contributed by atoms with Gasteiger partial charge in [-0.15, -0.1) is 0 Å². The first-order valence-corrected chi connectivity index (χ1v) is 12.3. The highest BCUT2D eigenvalue weighted by atomic mass is 79.9. The minimum atomic E-state index is -1.01. The molecular formula is C25H21BrCl2N4O5. The average molecular weight is 608 g/mol. The van der Waals surface area contributed by atoms with Crippen LogP contribution in [0.1, 0.15) is 12.5 Å². The Morgan fingerprint density at radius 1 is 0.946 bits per heavy atom. The van der Waals surface area contributed by atoms with E-state index in [4.69, 9.17) is 32.7 Å². The van der Waals surface area contributed by atoms with Crippen molar-refractivity contribution in [1.82, 2.24) is 5.43 Å². The molecule has 3 aromatic carbocycles. The van der Waals surface area contributed by atoms with Gasteiger partial charge < -0.3 is 20.1 Å². The second kappa shape index (κ2) is 13.6. The Bertz CT molecular complexity index is 1320. The van der Waals surface area contributed by atoms with Crippen molar-refractivity contribution in [3.05, 3.63) is 80.7 Å². The van der Waals surface area contributed by atoms with Gasteiger partial charge in [0.2, 0.25) is 0 Å². The lowest BCUT2D eigenvalue weighted by atomic mass is 10.2. The third-order valence-electron chi connectivity index (χ3n) is 4.54. The summed E-state index contributed by atoms with van der Waals surface area (Å²) in [5.41, 5.74) is 3.52. The lowest BCUT2D eigenvalue weighted by Crippen LogP contribution is -2.32. The smallest absolute Gasteiger partial charge is 0.329 e. The zero-order valence-corrected chi connectivity index (χ0v) is 22.5. The van der Waals surface area contributed by atoms with Crippen LogP contribution in [0.3, 0.4) is 0 Å². The molecule has 3 rings (SSSR count). The number of ether oxygens (including phenoxy) is 2. The molecule has 0 heterocycles. The molecule has 0 atom stereocenters. The van der Waals surface area contributed by atoms with Gasteiger partial charge in [-0.3, -0.25) is 14.4 Å². The standard InChI is InChI=1S/C25H21BrCl2N4O5/c1-2-36-21-12-15(6-11-20(21)37-14-22(33)30-17-9-7-16(26)8-10-17)13-29-32-25(35)24(34)31-19-5-3-4-18(27)23(19)28/h3-13H,2,14H2,1H3,(H,30,33)(H,31,34)(H,32,35)/b29-13-. The SMILES string of the molecule is CCOc1cc(/C=N\NC(=O)C(=O)Nc2cccc(Cl)c2Cl)ccc1OCC(=O)Nc1ccc(Br)cc1. The van der Waals surface area contributed by atoms with Crippen molar-refractivity contribution in [2.75, 3.05) is 23.8 Å². The molecule has 3 N–H and O–H groups in total. The van der Waals surface area contributed by atoms with E-state index in [1.807, 2.05) is 12.1 Å². The number of nitrogens with zero attached hydrogens (tertiary/aromatic N) is 1. The van der Waals surface area contributed by atoms with Gasteiger partial charge in [0, 0.05) is 10.2 Å². The fraction of sp³-hybridized carbons (Fsp3) is 0.120. The first-order chi connectivity index (χ1) is 17.8. The molecule has 0 aromatic heterocycles. The van der Waals surface area contributed by atoms with Gasteiger partial charge in [0.15, 0.2) is 18.1 Å². The Balaban J connectivity index is 1.56. The maximum atomic E-state index is 12.2. The summed E-state index contributed by atoms with van der Waals surface area (Å²) in [6.07, 6.45) is 1.32.